The largest absolute Gasteiger partial charge is 0.107 e. The van der Waals surface area contributed by atoms with E-state index in [-0.39, 0.29) is 24.0 Å². The van der Waals surface area contributed by atoms with E-state index in [2.05, 4.69) is 13.8 Å². The van der Waals surface area contributed by atoms with Gasteiger partial charge in [0, 0.05) is 0 Å². The van der Waals surface area contributed by atoms with Gasteiger partial charge in [-0.25, -0.2) is 0 Å². The highest BCUT2D eigenvalue weighted by atomic mass is 127. The molecule has 0 aliphatic rings. The van der Waals surface area contributed by atoms with Crippen LogP contribution >= 0.6 is 24.0 Å². The zero-order valence-electron chi connectivity index (χ0n) is 6.65. The third kappa shape index (κ3) is 12.0. The first-order valence-corrected chi connectivity index (χ1v) is 3.91. The minimum atomic E-state index is 0. The van der Waals surface area contributed by atoms with Crippen molar-refractivity contribution in [1.82, 2.24) is 0 Å². The van der Waals surface area contributed by atoms with E-state index in [9.17, 15) is 0 Å². The summed E-state index contributed by atoms with van der Waals surface area (Å²) in [4.78, 5) is 0. The molecular formula is C8H19I. The number of unbranched alkanes of at least 4 members (excludes halogenated alkanes) is 5. The molecule has 0 amide bonds. The van der Waals surface area contributed by atoms with Crippen LogP contribution in [0.5, 0.6) is 0 Å². The molecule has 0 aliphatic heterocycles. The predicted octanol–water partition coefficient (Wildman–Crippen LogP) is 3.98. The van der Waals surface area contributed by atoms with Crippen molar-refractivity contribution in [3.63, 3.8) is 0 Å². The van der Waals surface area contributed by atoms with Gasteiger partial charge in [-0.15, -0.1) is 24.0 Å². The van der Waals surface area contributed by atoms with Gasteiger partial charge in [-0.05, 0) is 0 Å². The first-order valence-electron chi connectivity index (χ1n) is 3.91. The monoisotopic (exact) mass is 242 g/mol. The molecule has 58 valence electrons. The van der Waals surface area contributed by atoms with Crippen LogP contribution in [-0.2, 0) is 0 Å². The Kier molecular flexibility index (Phi) is 15.9. The van der Waals surface area contributed by atoms with Gasteiger partial charge < -0.3 is 0 Å². The summed E-state index contributed by atoms with van der Waals surface area (Å²) in [6.07, 6.45) is 8.49. The molecule has 0 rings (SSSR count). The number of rotatable bonds is 5. The predicted molar refractivity (Wildman–Crippen MR) is 54.5 cm³/mol. The van der Waals surface area contributed by atoms with Crippen molar-refractivity contribution in [3.8, 4) is 0 Å². The van der Waals surface area contributed by atoms with Crippen LogP contribution in [0.15, 0.2) is 0 Å². The smallest absolute Gasteiger partial charge is 0.0533 e. The lowest BCUT2D eigenvalue weighted by atomic mass is 10.1. The fourth-order valence-corrected chi connectivity index (χ4v) is 0.854. The highest BCUT2D eigenvalue weighted by Crippen LogP contribution is 2.03. The van der Waals surface area contributed by atoms with Gasteiger partial charge >= 0.3 is 0 Å². The summed E-state index contributed by atoms with van der Waals surface area (Å²) in [6.45, 7) is 4.51. The molecule has 9 heavy (non-hydrogen) atoms. The van der Waals surface area contributed by atoms with Crippen molar-refractivity contribution >= 4 is 24.0 Å². The quantitative estimate of drug-likeness (QED) is 0.505. The van der Waals surface area contributed by atoms with Crippen LogP contribution in [0.2, 0.25) is 0 Å². The van der Waals surface area contributed by atoms with Crippen molar-refractivity contribution in [1.29, 1.82) is 0 Å². The van der Waals surface area contributed by atoms with Crippen LogP contribution in [0.3, 0.4) is 0 Å². The fourth-order valence-electron chi connectivity index (χ4n) is 0.854. The first-order chi connectivity index (χ1) is 3.91. The standard InChI is InChI=1S/C8H18.HI/c1-3-5-7-8-6-4-2;/h3-8H2,1-2H3;1H. The number of halogens is 1. The molecule has 0 fully saturated rings. The molecule has 0 spiro atoms. The molecule has 0 N–H and O–H groups in total. The lowest BCUT2D eigenvalue weighted by Gasteiger charge is -1.93. The van der Waals surface area contributed by atoms with Crippen molar-refractivity contribution in [2.45, 2.75) is 52.4 Å². The summed E-state index contributed by atoms with van der Waals surface area (Å²) in [7, 11) is 0. The van der Waals surface area contributed by atoms with Gasteiger partial charge in [-0.2, -0.15) is 0 Å². The minimum absolute atomic E-state index is 0. The molecule has 0 aromatic carbocycles. The van der Waals surface area contributed by atoms with E-state index in [0.29, 0.717) is 0 Å². The van der Waals surface area contributed by atoms with E-state index in [4.69, 9.17) is 0 Å². The molecule has 0 bridgehead atoms. The van der Waals surface area contributed by atoms with Gasteiger partial charge in [0.05, 0.1) is 0 Å². The number of hydrogen-bond donors (Lipinski definition) is 0. The molecule has 0 nitrogen and oxygen atoms in total. The average Bonchev–Trinajstić information content (AvgIpc) is 1.81. The zero-order valence-corrected chi connectivity index (χ0v) is 8.98. The van der Waals surface area contributed by atoms with Gasteiger partial charge in [0.25, 0.3) is 0 Å². The van der Waals surface area contributed by atoms with E-state index in [1.165, 1.54) is 38.5 Å². The van der Waals surface area contributed by atoms with E-state index in [1.807, 2.05) is 0 Å². The maximum Gasteiger partial charge on any atom is -0.0533 e. The van der Waals surface area contributed by atoms with Crippen molar-refractivity contribution < 1.29 is 0 Å². The van der Waals surface area contributed by atoms with E-state index < -0.39 is 0 Å². The average molecular weight is 242 g/mol. The van der Waals surface area contributed by atoms with Crippen LogP contribution in [0.4, 0.5) is 0 Å². The Hall–Kier alpha value is 0.730. The van der Waals surface area contributed by atoms with Crippen LogP contribution in [0, 0.1) is 0 Å². The molecule has 0 aromatic heterocycles. The normalized spacial score (nSPS) is 8.67. The number of hydrogen-bond acceptors (Lipinski definition) is 0. The lowest BCUT2D eigenvalue weighted by Crippen LogP contribution is -1.73. The zero-order chi connectivity index (χ0) is 6.24. The van der Waals surface area contributed by atoms with Crippen molar-refractivity contribution in [2.75, 3.05) is 0 Å². The maximum absolute atomic E-state index is 2.26. The van der Waals surface area contributed by atoms with E-state index >= 15 is 0 Å². The topological polar surface area (TPSA) is 0 Å². The Balaban J connectivity index is 0. The second-order valence-corrected chi connectivity index (χ2v) is 2.41. The first kappa shape index (κ1) is 12.4. The Morgan fingerprint density at radius 2 is 1.00 bits per heavy atom. The SMILES string of the molecule is CCCCCCCC.I. The molecule has 0 atom stereocenters. The molecular weight excluding hydrogens is 223 g/mol. The Labute approximate surface area is 76.4 Å². The third-order valence-corrected chi connectivity index (χ3v) is 1.46. The van der Waals surface area contributed by atoms with Gasteiger partial charge in [-0.1, -0.05) is 52.4 Å². The van der Waals surface area contributed by atoms with Crippen LogP contribution < -0.4 is 0 Å². The lowest BCUT2D eigenvalue weighted by molar-refractivity contribution is 0.624. The summed E-state index contributed by atoms with van der Waals surface area (Å²) in [5, 5.41) is 0. The fraction of sp³-hybridized carbons (Fsp3) is 1.00. The highest BCUT2D eigenvalue weighted by molar-refractivity contribution is 14.0. The minimum Gasteiger partial charge on any atom is -0.107 e. The van der Waals surface area contributed by atoms with Crippen LogP contribution in [0.1, 0.15) is 52.4 Å². The maximum atomic E-state index is 2.26. The third-order valence-electron chi connectivity index (χ3n) is 1.46. The molecule has 1 heteroatoms. The van der Waals surface area contributed by atoms with E-state index in [0.717, 1.165) is 0 Å². The second kappa shape index (κ2) is 11.5. The molecule has 0 aromatic rings. The van der Waals surface area contributed by atoms with Gasteiger partial charge in [-0.3, -0.25) is 0 Å². The molecule has 0 saturated heterocycles. The Morgan fingerprint density at radius 3 is 1.22 bits per heavy atom. The summed E-state index contributed by atoms with van der Waals surface area (Å²) < 4.78 is 0. The Morgan fingerprint density at radius 1 is 0.667 bits per heavy atom. The van der Waals surface area contributed by atoms with Gasteiger partial charge in [0.2, 0.25) is 0 Å². The van der Waals surface area contributed by atoms with Crippen molar-refractivity contribution in [3.05, 3.63) is 0 Å². The Bertz CT molecular complexity index is 29.5. The van der Waals surface area contributed by atoms with Gasteiger partial charge in [0.15, 0.2) is 0 Å². The van der Waals surface area contributed by atoms with Crippen LogP contribution in [-0.4, -0.2) is 0 Å². The molecule has 0 unspecified atom stereocenters. The molecule has 0 radical (unpaired) electrons. The highest BCUT2D eigenvalue weighted by Gasteiger charge is 1.83. The second-order valence-electron chi connectivity index (χ2n) is 2.41. The van der Waals surface area contributed by atoms with E-state index in [1.54, 1.807) is 0 Å². The van der Waals surface area contributed by atoms with Crippen molar-refractivity contribution in [2.24, 2.45) is 0 Å². The van der Waals surface area contributed by atoms with Crippen LogP contribution in [0.25, 0.3) is 0 Å². The summed E-state index contributed by atoms with van der Waals surface area (Å²) >= 11 is 0. The molecule has 0 heterocycles. The summed E-state index contributed by atoms with van der Waals surface area (Å²) in [5.74, 6) is 0. The summed E-state index contributed by atoms with van der Waals surface area (Å²) in [5.41, 5.74) is 0. The molecule has 0 saturated carbocycles. The molecule has 0 aliphatic carbocycles. The van der Waals surface area contributed by atoms with Gasteiger partial charge in [0.1, 0.15) is 0 Å². The summed E-state index contributed by atoms with van der Waals surface area (Å²) in [6, 6.07) is 0.